The Labute approximate surface area is 174 Å². The molecule has 7 nitrogen and oxygen atoms in total. The Balaban J connectivity index is 1.68. The third-order valence-electron chi connectivity index (χ3n) is 4.97. The lowest BCUT2D eigenvalue weighted by atomic mass is 10.1. The van der Waals surface area contributed by atoms with Gasteiger partial charge in [-0.05, 0) is 36.8 Å². The topological polar surface area (TPSA) is 77.8 Å². The highest BCUT2D eigenvalue weighted by Crippen LogP contribution is 2.32. The van der Waals surface area contributed by atoms with Crippen molar-refractivity contribution in [2.45, 2.75) is 13.0 Å². The van der Waals surface area contributed by atoms with Gasteiger partial charge in [-0.15, -0.1) is 0 Å². The van der Waals surface area contributed by atoms with Crippen LogP contribution in [0.1, 0.15) is 28.9 Å². The van der Waals surface area contributed by atoms with E-state index < -0.39 is 0 Å². The number of benzene rings is 2. The summed E-state index contributed by atoms with van der Waals surface area (Å²) in [7, 11) is 3.19. The molecule has 1 atom stereocenters. The second kappa shape index (κ2) is 8.24. The van der Waals surface area contributed by atoms with E-state index in [9.17, 15) is 4.79 Å². The van der Waals surface area contributed by atoms with Crippen molar-refractivity contribution in [1.29, 1.82) is 0 Å². The lowest BCUT2D eigenvalue weighted by Crippen LogP contribution is -2.26. The van der Waals surface area contributed by atoms with Crippen LogP contribution in [0.5, 0.6) is 11.5 Å². The minimum atomic E-state index is -0.224. The first-order valence-electron chi connectivity index (χ1n) is 9.53. The van der Waals surface area contributed by atoms with Crippen LogP contribution in [0.15, 0.2) is 67.0 Å². The van der Waals surface area contributed by atoms with Gasteiger partial charge in [0.25, 0.3) is 5.91 Å². The van der Waals surface area contributed by atoms with Gasteiger partial charge in [0.05, 0.1) is 32.2 Å². The van der Waals surface area contributed by atoms with Crippen LogP contribution >= 0.6 is 0 Å². The zero-order valence-corrected chi connectivity index (χ0v) is 17.0. The summed E-state index contributed by atoms with van der Waals surface area (Å²) in [5.74, 6) is 1.03. The number of rotatable bonds is 6. The van der Waals surface area contributed by atoms with Gasteiger partial charge in [-0.1, -0.05) is 30.3 Å². The van der Waals surface area contributed by atoms with Crippen LogP contribution < -0.4 is 14.8 Å². The zero-order chi connectivity index (χ0) is 21.1. The number of aromatic nitrogens is 3. The Kier molecular flexibility index (Phi) is 5.34. The van der Waals surface area contributed by atoms with Crippen LogP contribution in [-0.2, 0) is 0 Å². The van der Waals surface area contributed by atoms with Gasteiger partial charge in [-0.25, -0.2) is 9.50 Å². The molecule has 0 fully saturated rings. The van der Waals surface area contributed by atoms with E-state index in [2.05, 4.69) is 15.4 Å². The molecule has 4 aromatic rings. The number of nitrogens with one attached hydrogen (secondary N) is 1. The van der Waals surface area contributed by atoms with E-state index in [1.807, 2.05) is 61.5 Å². The van der Waals surface area contributed by atoms with Gasteiger partial charge in [0.2, 0.25) is 0 Å². The smallest absolute Gasteiger partial charge is 0.257 e. The predicted molar refractivity (Wildman–Crippen MR) is 114 cm³/mol. The number of fused-ring (bicyclic) bond motifs is 1. The van der Waals surface area contributed by atoms with Crippen molar-refractivity contribution in [3.8, 4) is 22.8 Å². The number of carbonyl (C=O) groups is 1. The third kappa shape index (κ3) is 3.57. The molecule has 4 rings (SSSR count). The van der Waals surface area contributed by atoms with Gasteiger partial charge in [0.15, 0.2) is 17.1 Å². The second-order valence-electron chi connectivity index (χ2n) is 6.80. The molecule has 1 N–H and O–H groups in total. The fourth-order valence-corrected chi connectivity index (χ4v) is 3.37. The number of hydrogen-bond donors (Lipinski definition) is 1. The average Bonchev–Trinajstić information content (AvgIpc) is 3.23. The number of ether oxygens (including phenoxy) is 2. The molecule has 0 saturated carbocycles. The zero-order valence-electron chi connectivity index (χ0n) is 17.0. The summed E-state index contributed by atoms with van der Waals surface area (Å²) in [5, 5.41) is 7.43. The summed E-state index contributed by atoms with van der Waals surface area (Å²) in [6, 6.07) is 17.1. The van der Waals surface area contributed by atoms with Gasteiger partial charge in [0, 0.05) is 11.8 Å². The summed E-state index contributed by atoms with van der Waals surface area (Å²) in [4.78, 5) is 17.3. The summed E-state index contributed by atoms with van der Waals surface area (Å²) in [5.41, 5.74) is 3.59. The predicted octanol–water partition coefficient (Wildman–Crippen LogP) is 3.90. The minimum Gasteiger partial charge on any atom is -0.493 e. The lowest BCUT2D eigenvalue weighted by molar-refractivity contribution is 0.0941. The van der Waals surface area contributed by atoms with Gasteiger partial charge < -0.3 is 14.8 Å². The first kappa shape index (κ1) is 19.4. The van der Waals surface area contributed by atoms with Crippen molar-refractivity contribution in [3.05, 3.63) is 78.1 Å². The molecular formula is C23H22N4O3. The van der Waals surface area contributed by atoms with Crippen molar-refractivity contribution in [3.63, 3.8) is 0 Å². The molecule has 0 saturated heterocycles. The summed E-state index contributed by atoms with van der Waals surface area (Å²) in [6.45, 7) is 1.95. The van der Waals surface area contributed by atoms with E-state index in [1.165, 1.54) is 0 Å². The maximum absolute atomic E-state index is 12.9. The number of nitrogens with zero attached hydrogens (tertiary/aromatic N) is 3. The van der Waals surface area contributed by atoms with E-state index in [0.717, 1.165) is 16.8 Å². The third-order valence-corrected chi connectivity index (χ3v) is 4.97. The van der Waals surface area contributed by atoms with Gasteiger partial charge >= 0.3 is 0 Å². The maximum Gasteiger partial charge on any atom is 0.257 e. The van der Waals surface area contributed by atoms with Crippen molar-refractivity contribution in [2.75, 3.05) is 14.2 Å². The summed E-state index contributed by atoms with van der Waals surface area (Å²) < 4.78 is 12.4. The van der Waals surface area contributed by atoms with Crippen molar-refractivity contribution >= 4 is 11.6 Å². The molecule has 7 heteroatoms. The standard InChI is InChI=1S/C23H22N4O3/c1-15(16-7-5-4-6-8-16)26-23(28)18-14-25-27-19(11-12-24-22(18)27)17-9-10-20(29-2)21(13-17)30-3/h4-15H,1-3H3,(H,26,28). The van der Waals surface area contributed by atoms with Crippen LogP contribution in [0.2, 0.25) is 0 Å². The van der Waals surface area contributed by atoms with Crippen molar-refractivity contribution in [2.24, 2.45) is 0 Å². The highest BCUT2D eigenvalue weighted by atomic mass is 16.5. The molecule has 1 amide bonds. The molecule has 0 radical (unpaired) electrons. The Morgan fingerprint density at radius 2 is 1.80 bits per heavy atom. The Bertz CT molecular complexity index is 1190. The maximum atomic E-state index is 12.9. The molecule has 30 heavy (non-hydrogen) atoms. The molecule has 0 aliphatic rings. The van der Waals surface area contributed by atoms with Crippen LogP contribution in [0.4, 0.5) is 0 Å². The molecule has 1 unspecified atom stereocenters. The van der Waals surface area contributed by atoms with Gasteiger partial charge in [0.1, 0.15) is 5.56 Å². The van der Waals surface area contributed by atoms with E-state index in [4.69, 9.17) is 9.47 Å². The van der Waals surface area contributed by atoms with Gasteiger partial charge in [-0.2, -0.15) is 5.10 Å². The van der Waals surface area contributed by atoms with Crippen molar-refractivity contribution in [1.82, 2.24) is 19.9 Å². The van der Waals surface area contributed by atoms with Gasteiger partial charge in [-0.3, -0.25) is 4.79 Å². The largest absolute Gasteiger partial charge is 0.493 e. The number of hydrogen-bond acceptors (Lipinski definition) is 5. The molecule has 0 aliphatic heterocycles. The van der Waals surface area contributed by atoms with E-state index in [0.29, 0.717) is 22.7 Å². The first-order valence-corrected chi connectivity index (χ1v) is 9.53. The molecule has 2 heterocycles. The van der Waals surface area contributed by atoms with Crippen LogP contribution in [0, 0.1) is 0 Å². The number of carbonyl (C=O) groups excluding carboxylic acids is 1. The Morgan fingerprint density at radius 1 is 1.03 bits per heavy atom. The average molecular weight is 402 g/mol. The number of methoxy groups -OCH3 is 2. The fourth-order valence-electron chi connectivity index (χ4n) is 3.37. The molecule has 0 aliphatic carbocycles. The Hall–Kier alpha value is -3.87. The monoisotopic (exact) mass is 402 g/mol. The summed E-state index contributed by atoms with van der Waals surface area (Å²) in [6.07, 6.45) is 3.21. The molecule has 2 aromatic carbocycles. The first-order chi connectivity index (χ1) is 14.6. The van der Waals surface area contributed by atoms with E-state index in [-0.39, 0.29) is 11.9 Å². The highest BCUT2D eigenvalue weighted by molar-refractivity contribution is 6.00. The highest BCUT2D eigenvalue weighted by Gasteiger charge is 2.19. The van der Waals surface area contributed by atoms with E-state index >= 15 is 0 Å². The molecule has 2 aromatic heterocycles. The van der Waals surface area contributed by atoms with Crippen LogP contribution in [-0.4, -0.2) is 34.7 Å². The molecule has 0 spiro atoms. The second-order valence-corrected chi connectivity index (χ2v) is 6.80. The SMILES string of the molecule is COc1ccc(-c2ccnc3c(C(=O)NC(C)c4ccccc4)cnn23)cc1OC. The molecule has 0 bridgehead atoms. The van der Waals surface area contributed by atoms with Crippen LogP contribution in [0.25, 0.3) is 16.9 Å². The summed E-state index contributed by atoms with van der Waals surface area (Å²) >= 11 is 0. The fraction of sp³-hybridized carbons (Fsp3) is 0.174. The molecular weight excluding hydrogens is 380 g/mol. The Morgan fingerprint density at radius 3 is 2.53 bits per heavy atom. The normalized spacial score (nSPS) is 11.8. The van der Waals surface area contributed by atoms with Crippen molar-refractivity contribution < 1.29 is 14.3 Å². The number of amides is 1. The lowest BCUT2D eigenvalue weighted by Gasteiger charge is -2.13. The quantitative estimate of drug-likeness (QED) is 0.529. The van der Waals surface area contributed by atoms with Crippen LogP contribution in [0.3, 0.4) is 0 Å². The molecule has 152 valence electrons. The minimum absolute atomic E-state index is 0.136. The van der Waals surface area contributed by atoms with E-state index in [1.54, 1.807) is 31.1 Å².